The largest absolute Gasteiger partial charge is 0.497 e. The summed E-state index contributed by atoms with van der Waals surface area (Å²) >= 11 is 3.39. The minimum absolute atomic E-state index is 0.00903. The van der Waals surface area contributed by atoms with Gasteiger partial charge >= 0.3 is 5.97 Å². The lowest BCUT2D eigenvalue weighted by Gasteiger charge is -2.34. The monoisotopic (exact) mass is 567 g/mol. The molecule has 194 valence electrons. The van der Waals surface area contributed by atoms with Gasteiger partial charge < -0.3 is 19.5 Å². The number of carbonyl (C=O) groups excluding carboxylic acids is 1. The molecule has 0 aromatic heterocycles. The molecule has 0 spiro atoms. The number of hydrogen-bond acceptors (Lipinski definition) is 6. The van der Waals surface area contributed by atoms with Crippen LogP contribution in [0.1, 0.15) is 35.2 Å². The average Bonchev–Trinajstić information content (AvgIpc) is 2.93. The van der Waals surface area contributed by atoms with Gasteiger partial charge in [0.15, 0.2) is 0 Å². The van der Waals surface area contributed by atoms with Crippen molar-refractivity contribution >= 4 is 39.2 Å². The van der Waals surface area contributed by atoms with E-state index >= 15 is 0 Å². The Balaban J connectivity index is 1.71. The number of piperidine rings is 1. The van der Waals surface area contributed by atoms with Crippen molar-refractivity contribution in [2.45, 2.75) is 25.7 Å². The van der Waals surface area contributed by atoms with Crippen LogP contribution in [0.4, 0.5) is 11.4 Å². The molecule has 0 saturated carbocycles. The van der Waals surface area contributed by atoms with E-state index in [4.69, 9.17) is 15.3 Å². The van der Waals surface area contributed by atoms with Gasteiger partial charge in [0.25, 0.3) is 0 Å². The number of carbonyl (C=O) groups is 2. The summed E-state index contributed by atoms with van der Waals surface area (Å²) in [6, 6.07) is 16.6. The third kappa shape index (κ3) is 5.73. The Morgan fingerprint density at radius 3 is 2.35 bits per heavy atom. The third-order valence-corrected chi connectivity index (χ3v) is 7.30. The number of carboxylic acid groups (broad SMARTS) is 1. The Labute approximate surface area is 224 Å². The summed E-state index contributed by atoms with van der Waals surface area (Å²) in [6.45, 7) is 1.75. The number of rotatable bonds is 8. The van der Waals surface area contributed by atoms with E-state index in [1.54, 1.807) is 13.2 Å². The number of methoxy groups -OCH3 is 2. The van der Waals surface area contributed by atoms with E-state index in [-0.39, 0.29) is 23.6 Å². The molecule has 0 unspecified atom stereocenters. The number of ether oxygens (including phenoxy) is 2. The number of anilines is 2. The van der Waals surface area contributed by atoms with Gasteiger partial charge in [0.05, 0.1) is 32.0 Å². The second-order valence-corrected chi connectivity index (χ2v) is 9.69. The minimum Gasteiger partial charge on any atom is -0.497 e. The maximum atomic E-state index is 13.4. The summed E-state index contributed by atoms with van der Waals surface area (Å²) in [5.74, 6) is 5.98. The van der Waals surface area contributed by atoms with Crippen LogP contribution < -0.4 is 25.2 Å². The van der Waals surface area contributed by atoms with Gasteiger partial charge in [-0.25, -0.2) is 15.6 Å². The van der Waals surface area contributed by atoms with Crippen LogP contribution in [0.2, 0.25) is 0 Å². The number of nitrogens with two attached hydrogens (primary N) is 1. The number of aromatic carboxylic acids is 1. The molecular weight excluding hydrogens is 538 g/mol. The van der Waals surface area contributed by atoms with E-state index in [0.29, 0.717) is 15.7 Å². The molecular formula is C28H30BrN3O5. The van der Waals surface area contributed by atoms with Crippen molar-refractivity contribution in [1.29, 1.82) is 0 Å². The molecule has 0 radical (unpaired) electrons. The first-order chi connectivity index (χ1) is 17.8. The van der Waals surface area contributed by atoms with Crippen molar-refractivity contribution in [2.75, 3.05) is 37.2 Å². The highest BCUT2D eigenvalue weighted by atomic mass is 79.9. The normalized spacial score (nSPS) is 13.2. The van der Waals surface area contributed by atoms with Crippen molar-refractivity contribution in [3.05, 3.63) is 70.2 Å². The van der Waals surface area contributed by atoms with Crippen molar-refractivity contribution in [3.63, 3.8) is 0 Å². The standard InChI is InChI=1S/C28H30BrN3O5/c1-36-20-11-9-18(10-12-20)21-7-6-8-24(27(21)31-13-4-3-5-14-31)32(30)26(33)16-19-15-25(37-2)22(28(34)35)17-23(19)29/h6-12,15,17H,3-5,13-14,16,30H2,1-2H3,(H,34,35). The van der Waals surface area contributed by atoms with Gasteiger partial charge in [-0.1, -0.05) is 40.2 Å². The number of amides is 1. The lowest BCUT2D eigenvalue weighted by Crippen LogP contribution is -2.41. The van der Waals surface area contributed by atoms with Gasteiger partial charge in [-0.3, -0.25) is 4.79 Å². The second kappa shape index (κ2) is 11.7. The molecule has 37 heavy (non-hydrogen) atoms. The third-order valence-electron chi connectivity index (χ3n) is 6.56. The Hall–Kier alpha value is -3.56. The molecule has 1 aliphatic heterocycles. The topological polar surface area (TPSA) is 105 Å². The summed E-state index contributed by atoms with van der Waals surface area (Å²) in [6.07, 6.45) is 3.26. The number of carboxylic acids is 1. The number of nitrogens with zero attached hydrogens (tertiary/aromatic N) is 2. The van der Waals surface area contributed by atoms with Gasteiger partial charge in [-0.2, -0.15) is 0 Å². The van der Waals surface area contributed by atoms with E-state index in [0.717, 1.165) is 48.5 Å². The first-order valence-corrected chi connectivity index (χ1v) is 12.8. The van der Waals surface area contributed by atoms with Crippen LogP contribution in [0, 0.1) is 0 Å². The highest BCUT2D eigenvalue weighted by Crippen LogP contribution is 2.40. The predicted molar refractivity (Wildman–Crippen MR) is 148 cm³/mol. The molecule has 0 aliphatic carbocycles. The molecule has 3 N–H and O–H groups in total. The van der Waals surface area contributed by atoms with Crippen LogP contribution in [0.25, 0.3) is 11.1 Å². The molecule has 3 aromatic carbocycles. The highest BCUT2D eigenvalue weighted by Gasteiger charge is 2.25. The zero-order valence-electron chi connectivity index (χ0n) is 20.9. The summed E-state index contributed by atoms with van der Waals surface area (Å²) in [7, 11) is 3.03. The Morgan fingerprint density at radius 2 is 1.73 bits per heavy atom. The molecule has 1 saturated heterocycles. The first kappa shape index (κ1) is 26.5. The number of para-hydroxylation sites is 1. The van der Waals surface area contributed by atoms with Crippen LogP contribution >= 0.6 is 15.9 Å². The number of benzene rings is 3. The van der Waals surface area contributed by atoms with E-state index in [2.05, 4.69) is 20.8 Å². The molecule has 9 heteroatoms. The van der Waals surface area contributed by atoms with E-state index in [1.165, 1.54) is 24.6 Å². The molecule has 0 atom stereocenters. The van der Waals surface area contributed by atoms with Crippen molar-refractivity contribution in [1.82, 2.24) is 0 Å². The highest BCUT2D eigenvalue weighted by molar-refractivity contribution is 9.10. The zero-order chi connectivity index (χ0) is 26.5. The summed E-state index contributed by atoms with van der Waals surface area (Å²) in [5, 5.41) is 10.6. The van der Waals surface area contributed by atoms with Gasteiger partial charge in [0.1, 0.15) is 17.1 Å². The quantitative estimate of drug-likeness (QED) is 0.217. The molecule has 3 aromatic rings. The molecule has 1 fully saturated rings. The maximum absolute atomic E-state index is 13.4. The molecule has 4 rings (SSSR count). The fourth-order valence-corrected chi connectivity index (χ4v) is 5.11. The van der Waals surface area contributed by atoms with Crippen LogP contribution in [0.3, 0.4) is 0 Å². The molecule has 8 nitrogen and oxygen atoms in total. The molecule has 0 bridgehead atoms. The zero-order valence-corrected chi connectivity index (χ0v) is 22.5. The second-order valence-electron chi connectivity index (χ2n) is 8.84. The van der Waals surface area contributed by atoms with Crippen molar-refractivity contribution in [2.24, 2.45) is 5.84 Å². The van der Waals surface area contributed by atoms with E-state index in [9.17, 15) is 14.7 Å². The fraction of sp³-hybridized carbons (Fsp3) is 0.286. The van der Waals surface area contributed by atoms with Crippen molar-refractivity contribution in [3.8, 4) is 22.6 Å². The molecule has 1 amide bonds. The Morgan fingerprint density at radius 1 is 1.03 bits per heavy atom. The first-order valence-electron chi connectivity index (χ1n) is 12.0. The SMILES string of the molecule is COc1ccc(-c2cccc(N(N)C(=O)Cc3cc(OC)c(C(=O)O)cc3Br)c2N2CCCCC2)cc1. The Bertz CT molecular complexity index is 1290. The molecule has 1 heterocycles. The lowest BCUT2D eigenvalue weighted by molar-refractivity contribution is -0.118. The average molecular weight is 568 g/mol. The Kier molecular flexibility index (Phi) is 8.35. The van der Waals surface area contributed by atoms with Gasteiger partial charge in [0.2, 0.25) is 5.91 Å². The van der Waals surface area contributed by atoms with Gasteiger partial charge in [-0.15, -0.1) is 0 Å². The van der Waals surface area contributed by atoms with Gasteiger partial charge in [0, 0.05) is 23.1 Å². The number of hydrazine groups is 1. The fourth-order valence-electron chi connectivity index (χ4n) is 4.63. The van der Waals surface area contributed by atoms with E-state index < -0.39 is 5.97 Å². The molecule has 1 aliphatic rings. The smallest absolute Gasteiger partial charge is 0.339 e. The van der Waals surface area contributed by atoms with Crippen LogP contribution in [0.5, 0.6) is 11.5 Å². The predicted octanol–water partition coefficient (Wildman–Crippen LogP) is 5.27. The van der Waals surface area contributed by atoms with Gasteiger partial charge in [-0.05, 0) is 60.7 Å². The summed E-state index contributed by atoms with van der Waals surface area (Å²) < 4.78 is 11.1. The maximum Gasteiger partial charge on any atom is 0.339 e. The van der Waals surface area contributed by atoms with Crippen molar-refractivity contribution < 1.29 is 24.2 Å². The minimum atomic E-state index is -1.11. The number of halogens is 1. The van der Waals surface area contributed by atoms with Crippen LogP contribution in [0.15, 0.2) is 59.1 Å². The van der Waals surface area contributed by atoms with Crippen LogP contribution in [-0.2, 0) is 11.2 Å². The van der Waals surface area contributed by atoms with Crippen LogP contribution in [-0.4, -0.2) is 44.3 Å². The number of hydrogen-bond donors (Lipinski definition) is 2. The summed E-state index contributed by atoms with van der Waals surface area (Å²) in [4.78, 5) is 27.3. The summed E-state index contributed by atoms with van der Waals surface area (Å²) in [5.41, 5.74) is 4.11. The van der Waals surface area contributed by atoms with E-state index in [1.807, 2.05) is 42.5 Å². The lowest BCUT2D eigenvalue weighted by atomic mass is 9.99.